The minimum absolute atomic E-state index is 0.125. The van der Waals surface area contributed by atoms with Gasteiger partial charge in [-0.15, -0.1) is 0 Å². The summed E-state index contributed by atoms with van der Waals surface area (Å²) in [6.45, 7) is 1.84. The summed E-state index contributed by atoms with van der Waals surface area (Å²) in [6, 6.07) is 11.8. The number of nitrogens with two attached hydrogens (primary N) is 1. The van der Waals surface area contributed by atoms with E-state index in [0.717, 1.165) is 11.3 Å². The second-order valence-electron chi connectivity index (χ2n) is 4.61. The van der Waals surface area contributed by atoms with Crippen molar-refractivity contribution in [1.82, 2.24) is 0 Å². The van der Waals surface area contributed by atoms with Crippen molar-refractivity contribution in [3.05, 3.63) is 59.4 Å². The van der Waals surface area contributed by atoms with E-state index in [1.807, 2.05) is 31.2 Å². The Labute approximate surface area is 122 Å². The summed E-state index contributed by atoms with van der Waals surface area (Å²) < 4.78 is 18.8. The minimum Gasteiger partial charge on any atom is -0.484 e. The molecule has 0 saturated carbocycles. The van der Waals surface area contributed by atoms with Crippen LogP contribution in [-0.4, -0.2) is 12.5 Å². The molecule has 0 aliphatic heterocycles. The van der Waals surface area contributed by atoms with Crippen molar-refractivity contribution in [2.24, 2.45) is 5.73 Å². The third-order valence-electron chi connectivity index (χ3n) is 3.03. The van der Waals surface area contributed by atoms with Crippen LogP contribution < -0.4 is 15.8 Å². The molecule has 0 unspecified atom stereocenters. The fraction of sp³-hybridized carbons (Fsp3) is 0.188. The molecule has 1 amide bonds. The number of para-hydroxylation sites is 1. The molecule has 0 spiro atoms. The first-order valence-electron chi connectivity index (χ1n) is 6.57. The molecule has 0 bridgehead atoms. The van der Waals surface area contributed by atoms with E-state index in [0.29, 0.717) is 11.3 Å². The number of benzene rings is 2. The fourth-order valence-electron chi connectivity index (χ4n) is 1.83. The van der Waals surface area contributed by atoms with Crippen molar-refractivity contribution in [2.45, 2.75) is 13.5 Å². The number of halogens is 1. The first kappa shape index (κ1) is 15.0. The van der Waals surface area contributed by atoms with Crippen molar-refractivity contribution in [3.8, 4) is 5.75 Å². The molecule has 2 rings (SSSR count). The summed E-state index contributed by atoms with van der Waals surface area (Å²) in [5.41, 5.74) is 7.48. The normalized spacial score (nSPS) is 10.2. The molecule has 0 aliphatic rings. The van der Waals surface area contributed by atoms with E-state index in [4.69, 9.17) is 10.5 Å². The number of amides is 1. The van der Waals surface area contributed by atoms with Gasteiger partial charge in [0.1, 0.15) is 11.6 Å². The van der Waals surface area contributed by atoms with E-state index in [1.54, 1.807) is 12.1 Å². The van der Waals surface area contributed by atoms with E-state index in [2.05, 4.69) is 5.32 Å². The van der Waals surface area contributed by atoms with E-state index < -0.39 is 5.82 Å². The molecular formula is C16H17FN2O2. The smallest absolute Gasteiger partial charge is 0.262 e. The van der Waals surface area contributed by atoms with Gasteiger partial charge in [-0.2, -0.15) is 0 Å². The van der Waals surface area contributed by atoms with Crippen LogP contribution >= 0.6 is 0 Å². The number of aryl methyl sites for hydroxylation is 1. The van der Waals surface area contributed by atoms with Gasteiger partial charge in [0, 0.05) is 23.9 Å². The van der Waals surface area contributed by atoms with E-state index in [-0.39, 0.29) is 19.1 Å². The van der Waals surface area contributed by atoms with Crippen molar-refractivity contribution < 1.29 is 13.9 Å². The zero-order valence-corrected chi connectivity index (χ0v) is 11.7. The Hall–Kier alpha value is -2.40. The highest BCUT2D eigenvalue weighted by molar-refractivity contribution is 5.92. The largest absolute Gasteiger partial charge is 0.484 e. The van der Waals surface area contributed by atoms with Gasteiger partial charge in [0.25, 0.3) is 5.91 Å². The maximum atomic E-state index is 13.5. The average molecular weight is 288 g/mol. The lowest BCUT2D eigenvalue weighted by atomic mass is 10.2. The van der Waals surface area contributed by atoms with Crippen LogP contribution in [0.3, 0.4) is 0 Å². The predicted octanol–water partition coefficient (Wildman–Crippen LogP) is 2.61. The Morgan fingerprint density at radius 3 is 2.71 bits per heavy atom. The second-order valence-corrected chi connectivity index (χ2v) is 4.61. The molecule has 0 saturated heterocycles. The van der Waals surface area contributed by atoms with Crippen molar-refractivity contribution in [1.29, 1.82) is 0 Å². The van der Waals surface area contributed by atoms with Gasteiger partial charge in [0.15, 0.2) is 6.61 Å². The summed E-state index contributed by atoms with van der Waals surface area (Å²) >= 11 is 0. The van der Waals surface area contributed by atoms with Gasteiger partial charge in [0.05, 0.1) is 0 Å². The Morgan fingerprint density at radius 2 is 2.05 bits per heavy atom. The van der Waals surface area contributed by atoms with Crippen LogP contribution in [0.5, 0.6) is 5.75 Å². The predicted molar refractivity (Wildman–Crippen MR) is 79.6 cm³/mol. The Bertz CT molecular complexity index is 644. The van der Waals surface area contributed by atoms with Crippen LogP contribution in [0.2, 0.25) is 0 Å². The molecule has 3 N–H and O–H groups in total. The lowest BCUT2D eigenvalue weighted by molar-refractivity contribution is -0.118. The summed E-state index contributed by atoms with van der Waals surface area (Å²) in [5.74, 6) is -0.438. The number of carbonyl (C=O) groups excluding carboxylic acids is 1. The van der Waals surface area contributed by atoms with Crippen LogP contribution in [0.1, 0.15) is 11.1 Å². The molecule has 0 atom stereocenters. The van der Waals surface area contributed by atoms with Crippen molar-refractivity contribution in [3.63, 3.8) is 0 Å². The van der Waals surface area contributed by atoms with Crippen LogP contribution in [0.25, 0.3) is 0 Å². The number of nitrogens with one attached hydrogen (secondary N) is 1. The quantitative estimate of drug-likeness (QED) is 0.889. The van der Waals surface area contributed by atoms with Gasteiger partial charge in [-0.05, 0) is 24.6 Å². The lowest BCUT2D eigenvalue weighted by Crippen LogP contribution is -2.20. The number of anilines is 1. The third-order valence-corrected chi connectivity index (χ3v) is 3.03. The highest BCUT2D eigenvalue weighted by atomic mass is 19.1. The standard InChI is InChI=1S/C16H17FN2O2/c1-11-4-2-3-5-15(11)19-16(20)10-21-13-7-6-12(9-18)14(17)8-13/h2-8H,9-10,18H2,1H3,(H,19,20). The Balaban J connectivity index is 1.92. The number of rotatable bonds is 5. The van der Waals surface area contributed by atoms with Gasteiger partial charge in [0.2, 0.25) is 0 Å². The van der Waals surface area contributed by atoms with E-state index in [1.165, 1.54) is 6.07 Å². The van der Waals surface area contributed by atoms with Gasteiger partial charge >= 0.3 is 0 Å². The highest BCUT2D eigenvalue weighted by Gasteiger charge is 2.07. The molecular weight excluding hydrogens is 271 g/mol. The van der Waals surface area contributed by atoms with Crippen molar-refractivity contribution in [2.75, 3.05) is 11.9 Å². The minimum atomic E-state index is -0.436. The molecule has 5 heteroatoms. The third kappa shape index (κ3) is 4.03. The van der Waals surface area contributed by atoms with Gasteiger partial charge in [-0.1, -0.05) is 24.3 Å². The van der Waals surface area contributed by atoms with Crippen LogP contribution in [0.4, 0.5) is 10.1 Å². The molecule has 0 fully saturated rings. The monoisotopic (exact) mass is 288 g/mol. The number of ether oxygens (including phenoxy) is 1. The molecule has 0 radical (unpaired) electrons. The lowest BCUT2D eigenvalue weighted by Gasteiger charge is -2.10. The molecule has 4 nitrogen and oxygen atoms in total. The molecule has 2 aromatic rings. The number of hydrogen-bond acceptors (Lipinski definition) is 3. The first-order chi connectivity index (χ1) is 10.1. The summed E-state index contributed by atoms with van der Waals surface area (Å²) in [4.78, 5) is 11.8. The number of hydrogen-bond donors (Lipinski definition) is 2. The van der Waals surface area contributed by atoms with Gasteiger partial charge in [-0.3, -0.25) is 4.79 Å². The summed E-state index contributed by atoms with van der Waals surface area (Å²) in [7, 11) is 0. The Morgan fingerprint density at radius 1 is 1.29 bits per heavy atom. The molecule has 21 heavy (non-hydrogen) atoms. The summed E-state index contributed by atoms with van der Waals surface area (Å²) in [5, 5.41) is 2.74. The SMILES string of the molecule is Cc1ccccc1NC(=O)COc1ccc(CN)c(F)c1. The average Bonchev–Trinajstić information content (AvgIpc) is 2.48. The molecule has 0 aromatic heterocycles. The van der Waals surface area contributed by atoms with Crippen LogP contribution in [0, 0.1) is 12.7 Å². The van der Waals surface area contributed by atoms with Crippen LogP contribution in [-0.2, 0) is 11.3 Å². The fourth-order valence-corrected chi connectivity index (χ4v) is 1.83. The molecule has 0 aliphatic carbocycles. The maximum absolute atomic E-state index is 13.5. The molecule has 110 valence electrons. The second kappa shape index (κ2) is 6.85. The summed E-state index contributed by atoms with van der Waals surface area (Å²) in [6.07, 6.45) is 0. The topological polar surface area (TPSA) is 64.3 Å². The molecule has 0 heterocycles. The Kier molecular flexibility index (Phi) is 4.90. The molecule has 2 aromatic carbocycles. The maximum Gasteiger partial charge on any atom is 0.262 e. The first-order valence-corrected chi connectivity index (χ1v) is 6.57. The zero-order valence-electron chi connectivity index (χ0n) is 11.7. The van der Waals surface area contributed by atoms with E-state index in [9.17, 15) is 9.18 Å². The van der Waals surface area contributed by atoms with Gasteiger partial charge in [-0.25, -0.2) is 4.39 Å². The highest BCUT2D eigenvalue weighted by Crippen LogP contribution is 2.17. The van der Waals surface area contributed by atoms with Gasteiger partial charge < -0.3 is 15.8 Å². The van der Waals surface area contributed by atoms with Crippen LogP contribution in [0.15, 0.2) is 42.5 Å². The number of carbonyl (C=O) groups is 1. The zero-order chi connectivity index (χ0) is 15.2. The van der Waals surface area contributed by atoms with E-state index >= 15 is 0 Å². The van der Waals surface area contributed by atoms with Crippen molar-refractivity contribution >= 4 is 11.6 Å².